The highest BCUT2D eigenvalue weighted by Crippen LogP contribution is 2.22. The zero-order chi connectivity index (χ0) is 14.8. The number of thioether (sulfide) groups is 1. The van der Waals surface area contributed by atoms with Gasteiger partial charge in [-0.3, -0.25) is 9.78 Å². The lowest BCUT2D eigenvalue weighted by Gasteiger charge is -2.06. The van der Waals surface area contributed by atoms with E-state index in [-0.39, 0.29) is 11.6 Å². The van der Waals surface area contributed by atoms with Crippen molar-refractivity contribution in [3.8, 4) is 11.8 Å². The Hall–Kier alpha value is -2.47. The van der Waals surface area contributed by atoms with Gasteiger partial charge in [0.25, 0.3) is 5.56 Å². The van der Waals surface area contributed by atoms with Crippen molar-refractivity contribution in [1.29, 1.82) is 0 Å². The van der Waals surface area contributed by atoms with E-state index in [2.05, 4.69) is 9.97 Å². The molecular weight excluding hydrogens is 286 g/mol. The lowest BCUT2D eigenvalue weighted by atomic mass is 10.2. The normalized spacial score (nSPS) is 10.7. The third-order valence-corrected chi connectivity index (χ3v) is 3.73. The molecule has 106 valence electrons. The molecule has 1 heterocycles. The van der Waals surface area contributed by atoms with Gasteiger partial charge in [0.05, 0.1) is 10.9 Å². The molecule has 0 fully saturated rings. The molecule has 2 aromatic carbocycles. The summed E-state index contributed by atoms with van der Waals surface area (Å²) in [6.45, 7) is 0. The maximum Gasteiger partial charge on any atom is 0.302 e. The summed E-state index contributed by atoms with van der Waals surface area (Å²) in [4.78, 5) is 20.0. The van der Waals surface area contributed by atoms with Crippen LogP contribution in [-0.4, -0.2) is 16.2 Å². The molecule has 0 saturated carbocycles. The van der Waals surface area contributed by atoms with E-state index < -0.39 is 0 Å². The predicted octanol–water partition coefficient (Wildman–Crippen LogP) is 3.02. The fourth-order valence-corrected chi connectivity index (χ4v) is 2.35. The molecule has 5 nitrogen and oxygen atoms in total. The number of hydrogen-bond donors (Lipinski definition) is 2. The Morgan fingerprint density at radius 3 is 2.67 bits per heavy atom. The molecule has 21 heavy (non-hydrogen) atoms. The summed E-state index contributed by atoms with van der Waals surface area (Å²) in [6, 6.07) is 12.7. The summed E-state index contributed by atoms with van der Waals surface area (Å²) >= 11 is 1.65. The molecule has 0 saturated heterocycles. The predicted molar refractivity (Wildman–Crippen MR) is 85.1 cm³/mol. The van der Waals surface area contributed by atoms with Crippen LogP contribution >= 0.6 is 11.8 Å². The van der Waals surface area contributed by atoms with Crippen molar-refractivity contribution < 1.29 is 4.74 Å². The van der Waals surface area contributed by atoms with Gasteiger partial charge in [0.1, 0.15) is 5.75 Å². The molecule has 0 aliphatic rings. The molecule has 0 aliphatic carbocycles. The molecule has 0 radical (unpaired) electrons. The summed E-state index contributed by atoms with van der Waals surface area (Å²) in [5.74, 6) is 0.616. The first-order chi connectivity index (χ1) is 10.2. The third kappa shape index (κ3) is 2.85. The van der Waals surface area contributed by atoms with Crippen LogP contribution in [0.5, 0.6) is 11.8 Å². The molecule has 3 N–H and O–H groups in total. The van der Waals surface area contributed by atoms with Crippen molar-refractivity contribution in [1.82, 2.24) is 9.97 Å². The summed E-state index contributed by atoms with van der Waals surface area (Å²) in [5, 5.41) is 0.445. The Kier molecular flexibility index (Phi) is 3.53. The van der Waals surface area contributed by atoms with E-state index in [4.69, 9.17) is 10.5 Å². The number of nitrogen functional groups attached to an aromatic ring is 1. The van der Waals surface area contributed by atoms with Gasteiger partial charge in [-0.1, -0.05) is 0 Å². The van der Waals surface area contributed by atoms with E-state index in [9.17, 15) is 4.79 Å². The van der Waals surface area contributed by atoms with Gasteiger partial charge in [0.2, 0.25) is 0 Å². The number of benzene rings is 2. The van der Waals surface area contributed by atoms with Crippen LogP contribution in [0.4, 0.5) is 5.69 Å². The van der Waals surface area contributed by atoms with Gasteiger partial charge in [0.15, 0.2) is 0 Å². The van der Waals surface area contributed by atoms with E-state index in [1.165, 1.54) is 0 Å². The maximum absolute atomic E-state index is 12.0. The monoisotopic (exact) mass is 299 g/mol. The second-order valence-corrected chi connectivity index (χ2v) is 5.30. The van der Waals surface area contributed by atoms with Crippen molar-refractivity contribution >= 4 is 28.4 Å². The van der Waals surface area contributed by atoms with Crippen molar-refractivity contribution in [2.24, 2.45) is 0 Å². The third-order valence-electron chi connectivity index (χ3n) is 2.98. The maximum atomic E-state index is 12.0. The molecule has 3 aromatic rings. The van der Waals surface area contributed by atoms with E-state index in [1.807, 2.05) is 30.5 Å². The highest BCUT2D eigenvalue weighted by Gasteiger charge is 2.06. The number of nitrogens with one attached hydrogen (secondary N) is 1. The van der Waals surface area contributed by atoms with Crippen LogP contribution in [0.25, 0.3) is 10.9 Å². The van der Waals surface area contributed by atoms with Crippen LogP contribution in [0.3, 0.4) is 0 Å². The second kappa shape index (κ2) is 5.49. The number of nitrogens with zero attached hydrogens (tertiary/aromatic N) is 1. The minimum Gasteiger partial charge on any atom is -0.426 e. The highest BCUT2D eigenvalue weighted by atomic mass is 32.2. The summed E-state index contributed by atoms with van der Waals surface area (Å²) < 4.78 is 5.59. The smallest absolute Gasteiger partial charge is 0.302 e. The van der Waals surface area contributed by atoms with Crippen LogP contribution in [0.15, 0.2) is 52.2 Å². The molecule has 6 heteroatoms. The Labute approximate surface area is 125 Å². The molecule has 1 aromatic heterocycles. The zero-order valence-corrected chi connectivity index (χ0v) is 12.1. The van der Waals surface area contributed by atoms with Crippen LogP contribution in [-0.2, 0) is 0 Å². The van der Waals surface area contributed by atoms with Gasteiger partial charge >= 0.3 is 6.01 Å². The molecule has 0 amide bonds. The molecule has 0 unspecified atom stereocenters. The molecule has 0 spiro atoms. The van der Waals surface area contributed by atoms with Crippen LogP contribution < -0.4 is 16.0 Å². The largest absolute Gasteiger partial charge is 0.426 e. The number of H-pyrrole nitrogens is 1. The highest BCUT2D eigenvalue weighted by molar-refractivity contribution is 7.98. The standard InChI is InChI=1S/C15H13N3O2S/c1-21-11-5-3-10(4-6-11)20-15-17-13-7-2-9(16)8-12(13)14(19)18-15/h2-8H,16H2,1H3,(H,17,18,19). The number of ether oxygens (including phenoxy) is 1. The van der Waals surface area contributed by atoms with Gasteiger partial charge in [-0.15, -0.1) is 11.8 Å². The Balaban J connectivity index is 1.97. The zero-order valence-electron chi connectivity index (χ0n) is 11.3. The summed E-state index contributed by atoms with van der Waals surface area (Å²) in [6.07, 6.45) is 2.00. The van der Waals surface area contributed by atoms with Crippen LogP contribution in [0.2, 0.25) is 0 Å². The molecule has 0 atom stereocenters. The number of hydrogen-bond acceptors (Lipinski definition) is 5. The molecule has 0 bridgehead atoms. The summed E-state index contributed by atoms with van der Waals surface area (Å²) in [7, 11) is 0. The van der Waals surface area contributed by atoms with E-state index in [1.54, 1.807) is 30.0 Å². The number of aromatic nitrogens is 2. The van der Waals surface area contributed by atoms with Gasteiger partial charge in [-0.25, -0.2) is 0 Å². The van der Waals surface area contributed by atoms with Gasteiger partial charge in [-0.2, -0.15) is 4.98 Å². The van der Waals surface area contributed by atoms with Gasteiger partial charge < -0.3 is 10.5 Å². The number of anilines is 1. The average molecular weight is 299 g/mol. The van der Waals surface area contributed by atoms with E-state index in [0.29, 0.717) is 22.3 Å². The van der Waals surface area contributed by atoms with Crippen molar-refractivity contribution in [2.75, 3.05) is 12.0 Å². The first kappa shape index (κ1) is 13.5. The van der Waals surface area contributed by atoms with Crippen LogP contribution in [0, 0.1) is 0 Å². The van der Waals surface area contributed by atoms with E-state index in [0.717, 1.165) is 4.90 Å². The lowest BCUT2D eigenvalue weighted by molar-refractivity contribution is 0.442. The quantitative estimate of drug-likeness (QED) is 0.574. The first-order valence-corrected chi connectivity index (χ1v) is 7.49. The molecule has 3 rings (SSSR count). The topological polar surface area (TPSA) is 81.0 Å². The lowest BCUT2D eigenvalue weighted by Crippen LogP contribution is -2.09. The number of nitrogens with two attached hydrogens (primary N) is 1. The van der Waals surface area contributed by atoms with Crippen molar-refractivity contribution in [2.45, 2.75) is 4.90 Å². The van der Waals surface area contributed by atoms with Crippen molar-refractivity contribution in [3.05, 3.63) is 52.8 Å². The Morgan fingerprint density at radius 1 is 1.19 bits per heavy atom. The Morgan fingerprint density at radius 2 is 1.95 bits per heavy atom. The Bertz CT molecular complexity index is 844. The fourth-order valence-electron chi connectivity index (χ4n) is 1.94. The number of rotatable bonds is 3. The summed E-state index contributed by atoms with van der Waals surface area (Å²) in [5.41, 5.74) is 6.46. The minimum atomic E-state index is -0.275. The second-order valence-electron chi connectivity index (χ2n) is 4.43. The molecular formula is C15H13N3O2S. The van der Waals surface area contributed by atoms with Crippen molar-refractivity contribution in [3.63, 3.8) is 0 Å². The SMILES string of the molecule is CSc1ccc(Oc2nc3ccc(N)cc3c(=O)[nH]2)cc1. The minimum absolute atomic E-state index is 0.161. The van der Waals surface area contributed by atoms with E-state index >= 15 is 0 Å². The number of fused-ring (bicyclic) bond motifs is 1. The van der Waals surface area contributed by atoms with Gasteiger partial charge in [0, 0.05) is 10.6 Å². The van der Waals surface area contributed by atoms with Crippen LogP contribution in [0.1, 0.15) is 0 Å². The average Bonchev–Trinajstić information content (AvgIpc) is 2.49. The first-order valence-electron chi connectivity index (χ1n) is 6.27. The number of aromatic amines is 1. The fraction of sp³-hybridized carbons (Fsp3) is 0.0667. The van der Waals surface area contributed by atoms with Gasteiger partial charge in [-0.05, 0) is 48.7 Å². The molecule has 0 aliphatic heterocycles.